The van der Waals surface area contributed by atoms with Crippen molar-refractivity contribution in [1.29, 1.82) is 0 Å². The third-order valence-corrected chi connectivity index (χ3v) is 5.88. The van der Waals surface area contributed by atoms with E-state index in [0.29, 0.717) is 3.92 Å². The molecule has 0 nitrogen and oxygen atoms in total. The summed E-state index contributed by atoms with van der Waals surface area (Å²) in [6, 6.07) is 6.95. The molecule has 0 amide bonds. The minimum Gasteiger partial charge on any atom is -0.0991 e. The molecule has 118 valence electrons. The van der Waals surface area contributed by atoms with Gasteiger partial charge in [0.2, 0.25) is 0 Å². The molecule has 0 fully saturated rings. The van der Waals surface area contributed by atoms with Crippen molar-refractivity contribution in [3.63, 3.8) is 0 Å². The van der Waals surface area contributed by atoms with E-state index in [2.05, 4.69) is 92.4 Å². The molecule has 0 heterocycles. The van der Waals surface area contributed by atoms with Crippen molar-refractivity contribution >= 4 is 33.7 Å². The molecular formula is C22H23I. The summed E-state index contributed by atoms with van der Waals surface area (Å²) >= 11 is 2.49. The molecule has 0 aromatic heterocycles. The molecule has 0 spiro atoms. The van der Waals surface area contributed by atoms with Gasteiger partial charge in [-0.25, -0.2) is 0 Å². The molecule has 0 bridgehead atoms. The van der Waals surface area contributed by atoms with Crippen LogP contribution >= 0.6 is 22.6 Å². The van der Waals surface area contributed by atoms with Crippen LogP contribution < -0.4 is 0 Å². The Morgan fingerprint density at radius 2 is 2.09 bits per heavy atom. The zero-order chi connectivity index (χ0) is 16.6. The molecule has 1 atom stereocenters. The van der Waals surface area contributed by atoms with Crippen LogP contribution in [0.4, 0.5) is 0 Å². The zero-order valence-electron chi connectivity index (χ0n) is 14.1. The minimum atomic E-state index is 0.0413. The molecule has 0 N–H and O–H groups in total. The lowest BCUT2D eigenvalue weighted by Crippen LogP contribution is -2.16. The van der Waals surface area contributed by atoms with Gasteiger partial charge < -0.3 is 0 Å². The lowest BCUT2D eigenvalue weighted by molar-refractivity contribution is 0.654. The molecule has 2 aliphatic rings. The summed E-state index contributed by atoms with van der Waals surface area (Å²) in [5.74, 6) is 0. The monoisotopic (exact) mass is 414 g/mol. The van der Waals surface area contributed by atoms with Gasteiger partial charge >= 0.3 is 0 Å². The van der Waals surface area contributed by atoms with Gasteiger partial charge in [0.1, 0.15) is 0 Å². The maximum Gasteiger partial charge on any atom is 0.0327 e. The number of allylic oxidation sites excluding steroid dienone is 9. The molecule has 23 heavy (non-hydrogen) atoms. The van der Waals surface area contributed by atoms with Crippen molar-refractivity contribution in [3.8, 4) is 0 Å². The summed E-state index contributed by atoms with van der Waals surface area (Å²) in [5, 5.41) is 0. The van der Waals surface area contributed by atoms with Crippen molar-refractivity contribution in [3.05, 3.63) is 83.5 Å². The van der Waals surface area contributed by atoms with Gasteiger partial charge in [-0.2, -0.15) is 0 Å². The summed E-state index contributed by atoms with van der Waals surface area (Å²) in [5.41, 5.74) is 8.32. The first-order valence-corrected chi connectivity index (χ1v) is 9.38. The van der Waals surface area contributed by atoms with Crippen LogP contribution in [0.5, 0.6) is 0 Å². The molecule has 2 aliphatic carbocycles. The van der Waals surface area contributed by atoms with E-state index in [0.717, 1.165) is 6.42 Å². The number of hydrogen-bond donors (Lipinski definition) is 0. The van der Waals surface area contributed by atoms with E-state index < -0.39 is 0 Å². The first kappa shape index (κ1) is 16.5. The van der Waals surface area contributed by atoms with E-state index in [-0.39, 0.29) is 5.41 Å². The first-order chi connectivity index (χ1) is 10.9. The van der Waals surface area contributed by atoms with Gasteiger partial charge in [0, 0.05) is 9.34 Å². The van der Waals surface area contributed by atoms with Gasteiger partial charge in [-0.15, -0.1) is 0 Å². The van der Waals surface area contributed by atoms with E-state index in [4.69, 9.17) is 0 Å². The van der Waals surface area contributed by atoms with Crippen LogP contribution in [0.15, 0.2) is 66.8 Å². The highest BCUT2D eigenvalue weighted by atomic mass is 127. The summed E-state index contributed by atoms with van der Waals surface area (Å²) in [6.07, 6.45) is 14.2. The summed E-state index contributed by atoms with van der Waals surface area (Å²) < 4.78 is 0.627. The highest BCUT2D eigenvalue weighted by Crippen LogP contribution is 2.47. The summed E-state index contributed by atoms with van der Waals surface area (Å²) in [7, 11) is 0. The Balaban J connectivity index is 2.04. The van der Waals surface area contributed by atoms with Crippen LogP contribution in [0.1, 0.15) is 43.9 Å². The van der Waals surface area contributed by atoms with Crippen molar-refractivity contribution in [2.45, 2.75) is 36.5 Å². The van der Waals surface area contributed by atoms with Gasteiger partial charge in [-0.05, 0) is 52.8 Å². The molecule has 0 saturated heterocycles. The molecular weight excluding hydrogens is 391 g/mol. The second kappa shape index (κ2) is 6.27. The van der Waals surface area contributed by atoms with Crippen LogP contribution in [0.2, 0.25) is 0 Å². The van der Waals surface area contributed by atoms with Crippen LogP contribution in [0.3, 0.4) is 0 Å². The van der Waals surface area contributed by atoms with E-state index in [1.807, 2.05) is 12.2 Å². The fourth-order valence-electron chi connectivity index (χ4n) is 3.63. The summed E-state index contributed by atoms with van der Waals surface area (Å²) in [4.78, 5) is 0. The third kappa shape index (κ3) is 2.91. The van der Waals surface area contributed by atoms with E-state index in [1.165, 1.54) is 33.4 Å². The van der Waals surface area contributed by atoms with Gasteiger partial charge in [0.05, 0.1) is 0 Å². The fraction of sp³-hybridized carbons (Fsp3) is 0.273. The molecule has 1 aromatic carbocycles. The second-order valence-electron chi connectivity index (χ2n) is 6.79. The Morgan fingerprint density at radius 1 is 1.30 bits per heavy atom. The summed E-state index contributed by atoms with van der Waals surface area (Å²) in [6.45, 7) is 10.7. The topological polar surface area (TPSA) is 0 Å². The van der Waals surface area contributed by atoms with Gasteiger partial charge in [-0.3, -0.25) is 0 Å². The largest absolute Gasteiger partial charge is 0.0991 e. The first-order valence-electron chi connectivity index (χ1n) is 8.13. The highest BCUT2D eigenvalue weighted by Gasteiger charge is 2.34. The Labute approximate surface area is 153 Å². The quantitative estimate of drug-likeness (QED) is 0.296. The van der Waals surface area contributed by atoms with Crippen molar-refractivity contribution < 1.29 is 0 Å². The van der Waals surface area contributed by atoms with Crippen molar-refractivity contribution in [2.75, 3.05) is 0 Å². The number of benzene rings is 1. The Hall–Kier alpha value is -1.35. The van der Waals surface area contributed by atoms with E-state index in [9.17, 15) is 0 Å². The zero-order valence-corrected chi connectivity index (χ0v) is 16.2. The number of hydrogen-bond acceptors (Lipinski definition) is 0. The van der Waals surface area contributed by atoms with Gasteiger partial charge in [0.25, 0.3) is 0 Å². The molecule has 0 saturated carbocycles. The lowest BCUT2D eigenvalue weighted by Gasteiger charge is -2.24. The SMILES string of the molecule is C=C/C=C\C1=C(C)c2ccc(C3=CCC(I)C=C3)cc2C1(C)C. The molecule has 3 rings (SSSR count). The number of fused-ring (bicyclic) bond motifs is 1. The molecule has 1 aromatic rings. The molecule has 1 unspecified atom stereocenters. The average molecular weight is 414 g/mol. The third-order valence-electron chi connectivity index (χ3n) is 4.95. The maximum absolute atomic E-state index is 3.80. The molecule has 1 heteroatoms. The predicted molar refractivity (Wildman–Crippen MR) is 111 cm³/mol. The number of rotatable bonds is 3. The Kier molecular flexibility index (Phi) is 4.50. The average Bonchev–Trinajstić information content (AvgIpc) is 2.73. The Bertz CT molecular complexity index is 769. The smallest absolute Gasteiger partial charge is 0.0327 e. The minimum absolute atomic E-state index is 0.0413. The number of alkyl halides is 1. The van der Waals surface area contributed by atoms with Gasteiger partial charge in [-0.1, -0.05) is 91.6 Å². The Morgan fingerprint density at radius 3 is 2.74 bits per heavy atom. The second-order valence-corrected chi connectivity index (χ2v) is 8.39. The predicted octanol–water partition coefficient (Wildman–Crippen LogP) is 6.64. The van der Waals surface area contributed by atoms with Crippen LogP contribution in [-0.2, 0) is 5.41 Å². The fourth-order valence-corrected chi connectivity index (χ4v) is 4.09. The van der Waals surface area contributed by atoms with Crippen LogP contribution in [0, 0.1) is 0 Å². The van der Waals surface area contributed by atoms with E-state index >= 15 is 0 Å². The van der Waals surface area contributed by atoms with Gasteiger partial charge in [0.15, 0.2) is 0 Å². The normalized spacial score (nSPS) is 22.4. The van der Waals surface area contributed by atoms with E-state index in [1.54, 1.807) is 0 Å². The van der Waals surface area contributed by atoms with Crippen molar-refractivity contribution in [2.24, 2.45) is 0 Å². The lowest BCUT2D eigenvalue weighted by atomic mass is 9.80. The standard InChI is InChI=1S/C22H23I/c1-5-6-7-20-15(2)19-13-10-17(14-21(19)22(20,3)4)16-8-11-18(23)12-9-16/h5-11,13-14,18H,1,12H2,2-4H3/b7-6-. The molecule has 0 radical (unpaired) electrons. The maximum atomic E-state index is 3.80. The number of halogens is 1. The highest BCUT2D eigenvalue weighted by molar-refractivity contribution is 14.1. The molecule has 0 aliphatic heterocycles. The van der Waals surface area contributed by atoms with Crippen LogP contribution in [-0.4, -0.2) is 3.92 Å². The van der Waals surface area contributed by atoms with Crippen molar-refractivity contribution in [1.82, 2.24) is 0 Å². The van der Waals surface area contributed by atoms with Crippen LogP contribution in [0.25, 0.3) is 11.1 Å².